The fourth-order valence-corrected chi connectivity index (χ4v) is 7.23. The Morgan fingerprint density at radius 2 is 1.92 bits per heavy atom. The first kappa shape index (κ1) is 17.7. The van der Waals surface area contributed by atoms with Crippen LogP contribution < -0.4 is 0 Å². The standard InChI is InChI=1S/C19H28O5S/c1-18-9-7-13(24-25(21,22)23)11-12(18)3-4-14-15-5-6-17(20)19(15,2)10-8-16(14)18/h7,9,12-16H,3-6,8,10-11H2,1-2H3,(H,21,22,23)/t12?,13?,14-,15-,16+,18-,19-/m0/s1. The van der Waals surface area contributed by atoms with Crippen molar-refractivity contribution in [2.24, 2.45) is 34.5 Å². The van der Waals surface area contributed by atoms with Gasteiger partial charge in [-0.25, -0.2) is 4.18 Å². The first-order valence-electron chi connectivity index (χ1n) is 9.52. The number of fused-ring (bicyclic) bond motifs is 5. The molecule has 6 heteroatoms. The van der Waals surface area contributed by atoms with E-state index in [9.17, 15) is 13.2 Å². The molecule has 0 spiro atoms. The monoisotopic (exact) mass is 368 g/mol. The molecule has 0 heterocycles. The van der Waals surface area contributed by atoms with Crippen molar-refractivity contribution < 1.29 is 21.9 Å². The zero-order valence-electron chi connectivity index (χ0n) is 15.0. The summed E-state index contributed by atoms with van der Waals surface area (Å²) in [4.78, 5) is 12.4. The van der Waals surface area contributed by atoms with E-state index in [0.29, 0.717) is 35.9 Å². The van der Waals surface area contributed by atoms with Gasteiger partial charge in [0.05, 0.1) is 6.10 Å². The van der Waals surface area contributed by atoms with Gasteiger partial charge >= 0.3 is 10.4 Å². The third-order valence-electron chi connectivity index (χ3n) is 8.11. The Bertz CT molecular complexity index is 713. The molecule has 25 heavy (non-hydrogen) atoms. The Morgan fingerprint density at radius 3 is 2.64 bits per heavy atom. The van der Waals surface area contributed by atoms with E-state index >= 15 is 0 Å². The minimum atomic E-state index is -4.42. The van der Waals surface area contributed by atoms with E-state index in [0.717, 1.165) is 38.5 Å². The second-order valence-electron chi connectivity index (χ2n) is 9.09. The summed E-state index contributed by atoms with van der Waals surface area (Å²) < 4.78 is 35.8. The molecule has 1 N–H and O–H groups in total. The second-order valence-corrected chi connectivity index (χ2v) is 10.1. The molecule has 0 radical (unpaired) electrons. The average molecular weight is 368 g/mol. The van der Waals surface area contributed by atoms with Gasteiger partial charge in [-0.05, 0) is 67.6 Å². The maximum Gasteiger partial charge on any atom is 0.397 e. The molecule has 0 saturated heterocycles. The minimum absolute atomic E-state index is 0.0367. The number of Topliss-reactive ketones (excluding diaryl/α,β-unsaturated/α-hetero) is 1. The summed E-state index contributed by atoms with van der Waals surface area (Å²) in [6.45, 7) is 4.48. The Labute approximate surface area is 150 Å². The molecule has 0 aromatic carbocycles. The maximum atomic E-state index is 12.4. The van der Waals surface area contributed by atoms with Crippen LogP contribution in [-0.2, 0) is 19.4 Å². The van der Waals surface area contributed by atoms with Gasteiger partial charge in [-0.3, -0.25) is 9.35 Å². The molecule has 3 saturated carbocycles. The highest BCUT2D eigenvalue weighted by Gasteiger charge is 2.59. The van der Waals surface area contributed by atoms with Gasteiger partial charge in [-0.15, -0.1) is 0 Å². The molecule has 2 unspecified atom stereocenters. The van der Waals surface area contributed by atoms with Crippen LogP contribution in [-0.4, -0.2) is 24.9 Å². The molecule has 140 valence electrons. The minimum Gasteiger partial charge on any atom is -0.299 e. The van der Waals surface area contributed by atoms with Crippen LogP contribution in [0, 0.1) is 34.5 Å². The van der Waals surface area contributed by atoms with Crippen LogP contribution in [0.15, 0.2) is 12.2 Å². The Kier molecular flexibility index (Phi) is 3.99. The summed E-state index contributed by atoms with van der Waals surface area (Å²) in [5.74, 6) is 2.49. The van der Waals surface area contributed by atoms with Gasteiger partial charge in [-0.2, -0.15) is 8.42 Å². The Balaban J connectivity index is 1.60. The van der Waals surface area contributed by atoms with Crippen molar-refractivity contribution in [3.05, 3.63) is 12.2 Å². The molecule has 0 bridgehead atoms. The van der Waals surface area contributed by atoms with E-state index in [1.54, 1.807) is 0 Å². The molecular weight excluding hydrogens is 340 g/mol. The van der Waals surface area contributed by atoms with Crippen LogP contribution in [0.4, 0.5) is 0 Å². The van der Waals surface area contributed by atoms with E-state index < -0.39 is 16.5 Å². The molecule has 7 atom stereocenters. The average Bonchev–Trinajstić information content (AvgIpc) is 2.82. The van der Waals surface area contributed by atoms with Crippen molar-refractivity contribution >= 4 is 16.2 Å². The van der Waals surface area contributed by atoms with E-state index in [-0.39, 0.29) is 10.8 Å². The second kappa shape index (κ2) is 5.64. The third kappa shape index (κ3) is 2.72. The van der Waals surface area contributed by atoms with Crippen LogP contribution in [0.5, 0.6) is 0 Å². The van der Waals surface area contributed by atoms with E-state index in [1.165, 1.54) is 0 Å². The van der Waals surface area contributed by atoms with Crippen molar-refractivity contribution in [3.8, 4) is 0 Å². The predicted octanol–water partition coefficient (Wildman–Crippen LogP) is 3.56. The highest BCUT2D eigenvalue weighted by atomic mass is 32.3. The molecule has 4 rings (SSSR count). The van der Waals surface area contributed by atoms with Gasteiger partial charge in [0.2, 0.25) is 0 Å². The molecule has 3 fully saturated rings. The molecule has 5 nitrogen and oxygen atoms in total. The Morgan fingerprint density at radius 1 is 1.16 bits per heavy atom. The molecule has 0 aliphatic heterocycles. The molecule has 0 amide bonds. The van der Waals surface area contributed by atoms with Crippen molar-refractivity contribution in [1.82, 2.24) is 0 Å². The number of ketones is 1. The quantitative estimate of drug-likeness (QED) is 0.595. The van der Waals surface area contributed by atoms with Crippen LogP contribution in [0.25, 0.3) is 0 Å². The molecule has 4 aliphatic carbocycles. The fraction of sp³-hybridized carbons (Fsp3) is 0.842. The summed E-state index contributed by atoms with van der Waals surface area (Å²) in [6, 6.07) is 0. The maximum absolute atomic E-state index is 12.4. The van der Waals surface area contributed by atoms with Gasteiger partial charge in [-0.1, -0.05) is 26.0 Å². The number of hydrogen-bond acceptors (Lipinski definition) is 4. The lowest BCUT2D eigenvalue weighted by Crippen LogP contribution is -2.52. The van der Waals surface area contributed by atoms with Crippen LogP contribution >= 0.6 is 0 Å². The first-order valence-corrected chi connectivity index (χ1v) is 10.9. The highest BCUT2D eigenvalue weighted by Crippen LogP contribution is 2.64. The van der Waals surface area contributed by atoms with Gasteiger partial charge in [0, 0.05) is 11.8 Å². The summed E-state index contributed by atoms with van der Waals surface area (Å²) in [5.41, 5.74) is -0.0751. The van der Waals surface area contributed by atoms with Crippen LogP contribution in [0.2, 0.25) is 0 Å². The van der Waals surface area contributed by atoms with Crippen LogP contribution in [0.1, 0.15) is 58.8 Å². The lowest BCUT2D eigenvalue weighted by molar-refractivity contribution is -0.134. The van der Waals surface area contributed by atoms with Crippen molar-refractivity contribution in [2.75, 3.05) is 0 Å². The van der Waals surface area contributed by atoms with Crippen molar-refractivity contribution in [2.45, 2.75) is 64.9 Å². The van der Waals surface area contributed by atoms with Gasteiger partial charge in [0.15, 0.2) is 0 Å². The fourth-order valence-electron chi connectivity index (χ4n) is 6.77. The van der Waals surface area contributed by atoms with E-state index in [4.69, 9.17) is 8.74 Å². The normalized spacial score (nSPS) is 49.4. The zero-order chi connectivity index (χ0) is 18.0. The number of rotatable bonds is 2. The number of carbonyl (C=O) groups excluding carboxylic acids is 1. The number of allylic oxidation sites excluding steroid dienone is 1. The molecule has 0 aromatic rings. The first-order chi connectivity index (χ1) is 11.6. The summed E-state index contributed by atoms with van der Waals surface area (Å²) in [5, 5.41) is 0. The van der Waals surface area contributed by atoms with Crippen molar-refractivity contribution in [1.29, 1.82) is 0 Å². The lowest BCUT2D eigenvalue weighted by Gasteiger charge is -2.58. The molecule has 4 aliphatic rings. The van der Waals surface area contributed by atoms with Gasteiger partial charge in [0.25, 0.3) is 0 Å². The summed E-state index contributed by atoms with van der Waals surface area (Å²) >= 11 is 0. The smallest absolute Gasteiger partial charge is 0.299 e. The number of hydrogen-bond donors (Lipinski definition) is 1. The zero-order valence-corrected chi connectivity index (χ0v) is 15.8. The Hall–Kier alpha value is -0.720. The SMILES string of the molecule is C[C@]12C=CC(OS(=O)(=O)O)CC1CC[C@@H]1[C@H]2CC[C@]2(C)C(=O)CC[C@@H]12. The summed E-state index contributed by atoms with van der Waals surface area (Å²) in [6.07, 6.45) is 10.0. The van der Waals surface area contributed by atoms with Gasteiger partial charge < -0.3 is 0 Å². The van der Waals surface area contributed by atoms with E-state index in [2.05, 4.69) is 19.9 Å². The lowest BCUT2D eigenvalue weighted by atomic mass is 9.46. The largest absolute Gasteiger partial charge is 0.397 e. The molecule has 0 aromatic heterocycles. The number of carbonyl (C=O) groups is 1. The van der Waals surface area contributed by atoms with Crippen LogP contribution in [0.3, 0.4) is 0 Å². The highest BCUT2D eigenvalue weighted by molar-refractivity contribution is 7.80. The summed E-state index contributed by atoms with van der Waals surface area (Å²) in [7, 11) is -4.42. The van der Waals surface area contributed by atoms with Gasteiger partial charge in [0.1, 0.15) is 5.78 Å². The predicted molar refractivity (Wildman–Crippen MR) is 93.1 cm³/mol. The topological polar surface area (TPSA) is 80.7 Å². The van der Waals surface area contributed by atoms with Crippen molar-refractivity contribution in [3.63, 3.8) is 0 Å². The molecular formula is C19H28O5S. The van der Waals surface area contributed by atoms with E-state index in [1.807, 2.05) is 6.08 Å². The third-order valence-corrected chi connectivity index (χ3v) is 8.60.